The van der Waals surface area contributed by atoms with Crippen LogP contribution in [0, 0.1) is 0 Å². The first kappa shape index (κ1) is 14.7. The molecule has 0 aliphatic rings. The third-order valence-corrected chi connectivity index (χ3v) is 3.41. The lowest BCUT2D eigenvalue weighted by molar-refractivity contribution is 0.139. The van der Waals surface area contributed by atoms with Crippen molar-refractivity contribution in [2.45, 2.75) is 19.8 Å². The van der Waals surface area contributed by atoms with E-state index in [9.17, 15) is 17.2 Å². The maximum absolute atomic E-state index is 11.8. The van der Waals surface area contributed by atoms with Gasteiger partial charge in [0.05, 0.1) is 0 Å². The number of nitrogens with one attached hydrogen (secondary N) is 1. The molecule has 0 aromatic rings. The lowest BCUT2D eigenvalue weighted by Crippen LogP contribution is -2.43. The van der Waals surface area contributed by atoms with E-state index in [1.165, 1.54) is 0 Å². The summed E-state index contributed by atoms with van der Waals surface area (Å²) in [5.74, 6) is 0. The standard InChI is InChI=1S/C7H17F2N3O2S/c1-2-12(6-4-10)15(13,14)11-5-3-7(8)9/h7,11H,2-6,10H2,1H3. The predicted molar refractivity (Wildman–Crippen MR) is 53.8 cm³/mol. The zero-order chi connectivity index (χ0) is 11.9. The molecule has 0 rings (SSSR count). The lowest BCUT2D eigenvalue weighted by Gasteiger charge is -2.19. The Morgan fingerprint density at radius 1 is 1.47 bits per heavy atom. The van der Waals surface area contributed by atoms with Gasteiger partial charge in [-0.15, -0.1) is 0 Å². The van der Waals surface area contributed by atoms with Crippen LogP contribution in [0.4, 0.5) is 8.78 Å². The van der Waals surface area contributed by atoms with E-state index in [1.807, 2.05) is 0 Å². The Morgan fingerprint density at radius 3 is 2.47 bits per heavy atom. The number of rotatable bonds is 8. The van der Waals surface area contributed by atoms with E-state index < -0.39 is 23.1 Å². The molecule has 0 heterocycles. The fourth-order valence-corrected chi connectivity index (χ4v) is 2.22. The van der Waals surface area contributed by atoms with Crippen molar-refractivity contribution in [1.29, 1.82) is 0 Å². The Balaban J connectivity index is 4.14. The van der Waals surface area contributed by atoms with E-state index >= 15 is 0 Å². The summed E-state index contributed by atoms with van der Waals surface area (Å²) in [6.07, 6.45) is -2.99. The molecular formula is C7H17F2N3O2S. The van der Waals surface area contributed by atoms with Crippen molar-refractivity contribution in [2.24, 2.45) is 5.73 Å². The molecule has 0 radical (unpaired) electrons. The summed E-state index contributed by atoms with van der Waals surface area (Å²) in [6, 6.07) is 0. The van der Waals surface area contributed by atoms with Crippen LogP contribution in [0.5, 0.6) is 0 Å². The van der Waals surface area contributed by atoms with Crippen molar-refractivity contribution < 1.29 is 17.2 Å². The fourth-order valence-electron chi connectivity index (χ4n) is 0.981. The SMILES string of the molecule is CCN(CCN)S(=O)(=O)NCCC(F)F. The monoisotopic (exact) mass is 245 g/mol. The first-order valence-electron chi connectivity index (χ1n) is 4.67. The highest BCUT2D eigenvalue weighted by Gasteiger charge is 2.19. The molecule has 92 valence electrons. The summed E-state index contributed by atoms with van der Waals surface area (Å²) in [7, 11) is -3.66. The quantitative estimate of drug-likeness (QED) is 0.619. The highest BCUT2D eigenvalue weighted by molar-refractivity contribution is 7.87. The van der Waals surface area contributed by atoms with E-state index in [0.717, 1.165) is 4.31 Å². The topological polar surface area (TPSA) is 75.4 Å². The fraction of sp³-hybridized carbons (Fsp3) is 1.00. The number of likely N-dealkylation sites (N-methyl/N-ethyl adjacent to an activating group) is 1. The molecule has 0 unspecified atom stereocenters. The van der Waals surface area contributed by atoms with Gasteiger partial charge in [-0.3, -0.25) is 0 Å². The van der Waals surface area contributed by atoms with Crippen molar-refractivity contribution in [2.75, 3.05) is 26.2 Å². The van der Waals surface area contributed by atoms with Gasteiger partial charge in [0, 0.05) is 32.6 Å². The van der Waals surface area contributed by atoms with Gasteiger partial charge in [0.25, 0.3) is 10.2 Å². The highest BCUT2D eigenvalue weighted by Crippen LogP contribution is 2.00. The van der Waals surface area contributed by atoms with Crippen molar-refractivity contribution >= 4 is 10.2 Å². The number of alkyl halides is 2. The Morgan fingerprint density at radius 2 is 2.07 bits per heavy atom. The number of halogens is 2. The van der Waals surface area contributed by atoms with Crippen LogP contribution >= 0.6 is 0 Å². The lowest BCUT2D eigenvalue weighted by atomic mass is 10.5. The highest BCUT2D eigenvalue weighted by atomic mass is 32.2. The molecule has 0 aromatic carbocycles. The smallest absolute Gasteiger partial charge is 0.279 e. The molecule has 0 fully saturated rings. The van der Waals surface area contributed by atoms with Crippen LogP contribution in [-0.4, -0.2) is 45.3 Å². The Hall–Kier alpha value is -0.310. The van der Waals surface area contributed by atoms with Crippen LogP contribution in [0.1, 0.15) is 13.3 Å². The molecule has 0 spiro atoms. The van der Waals surface area contributed by atoms with Gasteiger partial charge in [0.1, 0.15) is 0 Å². The van der Waals surface area contributed by atoms with Crippen LogP contribution in [0.3, 0.4) is 0 Å². The zero-order valence-corrected chi connectivity index (χ0v) is 9.43. The maximum atomic E-state index is 11.8. The molecule has 15 heavy (non-hydrogen) atoms. The zero-order valence-electron chi connectivity index (χ0n) is 8.62. The van der Waals surface area contributed by atoms with Crippen molar-refractivity contribution in [3.8, 4) is 0 Å². The predicted octanol–water partition coefficient (Wildman–Crippen LogP) is -0.243. The van der Waals surface area contributed by atoms with Crippen LogP contribution < -0.4 is 10.5 Å². The molecule has 0 saturated heterocycles. The molecule has 0 aliphatic carbocycles. The second kappa shape index (κ2) is 7.04. The molecule has 0 bridgehead atoms. The summed E-state index contributed by atoms with van der Waals surface area (Å²) in [5.41, 5.74) is 5.22. The number of hydrogen-bond acceptors (Lipinski definition) is 3. The normalized spacial score (nSPS) is 12.7. The van der Waals surface area contributed by atoms with Crippen LogP contribution in [-0.2, 0) is 10.2 Å². The van der Waals surface area contributed by atoms with Crippen molar-refractivity contribution in [3.05, 3.63) is 0 Å². The van der Waals surface area contributed by atoms with Gasteiger partial charge in [-0.05, 0) is 0 Å². The molecule has 5 nitrogen and oxygen atoms in total. The van der Waals surface area contributed by atoms with E-state index in [2.05, 4.69) is 4.72 Å². The average Bonchev–Trinajstić information content (AvgIpc) is 2.12. The van der Waals surface area contributed by atoms with Gasteiger partial charge in [0.2, 0.25) is 6.43 Å². The van der Waals surface area contributed by atoms with Gasteiger partial charge in [-0.1, -0.05) is 6.92 Å². The first-order chi connectivity index (χ1) is 6.94. The van der Waals surface area contributed by atoms with Crippen LogP contribution in [0.15, 0.2) is 0 Å². The van der Waals surface area contributed by atoms with Gasteiger partial charge >= 0.3 is 0 Å². The van der Waals surface area contributed by atoms with E-state index in [-0.39, 0.29) is 26.2 Å². The van der Waals surface area contributed by atoms with Gasteiger partial charge in [-0.25, -0.2) is 13.5 Å². The molecule has 8 heteroatoms. The molecule has 0 atom stereocenters. The second-order valence-corrected chi connectivity index (χ2v) is 4.61. The van der Waals surface area contributed by atoms with Gasteiger partial charge in [0.15, 0.2) is 0 Å². The van der Waals surface area contributed by atoms with Gasteiger partial charge < -0.3 is 5.73 Å². The van der Waals surface area contributed by atoms with Crippen LogP contribution in [0.25, 0.3) is 0 Å². The number of nitrogens with two attached hydrogens (primary N) is 1. The Kier molecular flexibility index (Phi) is 6.90. The van der Waals surface area contributed by atoms with Crippen LogP contribution in [0.2, 0.25) is 0 Å². The summed E-state index contributed by atoms with van der Waals surface area (Å²) >= 11 is 0. The third kappa shape index (κ3) is 5.98. The van der Waals surface area contributed by atoms with Crippen molar-refractivity contribution in [3.63, 3.8) is 0 Å². The minimum absolute atomic E-state index is 0.181. The summed E-state index contributed by atoms with van der Waals surface area (Å²) < 4.78 is 49.6. The van der Waals surface area contributed by atoms with E-state index in [0.29, 0.717) is 0 Å². The van der Waals surface area contributed by atoms with Gasteiger partial charge in [-0.2, -0.15) is 12.7 Å². The molecule has 3 N–H and O–H groups in total. The Labute approximate surface area is 88.8 Å². The second-order valence-electron chi connectivity index (χ2n) is 2.86. The number of hydrogen-bond donors (Lipinski definition) is 2. The largest absolute Gasteiger partial charge is 0.329 e. The summed E-state index contributed by atoms with van der Waals surface area (Å²) in [5, 5.41) is 0. The molecule has 0 aromatic heterocycles. The third-order valence-electron chi connectivity index (χ3n) is 1.72. The maximum Gasteiger partial charge on any atom is 0.279 e. The Bertz CT molecular complexity index is 259. The molecular weight excluding hydrogens is 228 g/mol. The number of nitrogens with zero attached hydrogens (tertiary/aromatic N) is 1. The van der Waals surface area contributed by atoms with E-state index in [4.69, 9.17) is 5.73 Å². The van der Waals surface area contributed by atoms with E-state index in [1.54, 1.807) is 6.92 Å². The summed E-state index contributed by atoms with van der Waals surface area (Å²) in [6.45, 7) is 2.04. The van der Waals surface area contributed by atoms with Crippen molar-refractivity contribution in [1.82, 2.24) is 9.03 Å². The average molecular weight is 245 g/mol. The minimum Gasteiger partial charge on any atom is -0.329 e. The summed E-state index contributed by atoms with van der Waals surface area (Å²) in [4.78, 5) is 0. The first-order valence-corrected chi connectivity index (χ1v) is 6.11. The molecule has 0 saturated carbocycles. The minimum atomic E-state index is -3.66. The molecule has 0 amide bonds. The molecule has 0 aliphatic heterocycles.